The molecule has 4 rings (SSSR count). The Bertz CT molecular complexity index is 974. The zero-order chi connectivity index (χ0) is 22.2. The van der Waals surface area contributed by atoms with E-state index in [9.17, 15) is 14.7 Å². The highest BCUT2D eigenvalue weighted by molar-refractivity contribution is 6.11. The number of carbonyl (C=O) groups excluding carboxylic acids is 2. The van der Waals surface area contributed by atoms with Crippen molar-refractivity contribution >= 4 is 23.3 Å². The topological polar surface area (TPSA) is 81.7 Å². The van der Waals surface area contributed by atoms with E-state index in [1.54, 1.807) is 36.4 Å². The second kappa shape index (κ2) is 8.35. The molecule has 6 heteroatoms. The Balaban J connectivity index is 1.76. The summed E-state index contributed by atoms with van der Waals surface area (Å²) >= 11 is 0. The summed E-state index contributed by atoms with van der Waals surface area (Å²) < 4.78 is 0. The minimum atomic E-state index is -2.15. The predicted octanol–water partition coefficient (Wildman–Crippen LogP) is 4.39. The number of amides is 3. The van der Waals surface area contributed by atoms with Gasteiger partial charge < -0.3 is 15.7 Å². The monoisotopic (exact) mass is 421 g/mol. The third-order valence-electron chi connectivity index (χ3n) is 7.01. The maximum absolute atomic E-state index is 13.7. The fourth-order valence-electron chi connectivity index (χ4n) is 4.80. The van der Waals surface area contributed by atoms with Crippen LogP contribution in [0.3, 0.4) is 0 Å². The maximum Gasteiger partial charge on any atom is 0.329 e. The van der Waals surface area contributed by atoms with Crippen molar-refractivity contribution in [1.29, 1.82) is 0 Å². The van der Waals surface area contributed by atoms with Gasteiger partial charge in [0.25, 0.3) is 11.6 Å². The second-order valence-electron chi connectivity index (χ2n) is 8.85. The van der Waals surface area contributed by atoms with E-state index in [4.69, 9.17) is 0 Å². The molecule has 3 amide bonds. The number of nitrogens with one attached hydrogen (secondary N) is 2. The van der Waals surface area contributed by atoms with Crippen LogP contribution in [0.15, 0.2) is 48.5 Å². The summed E-state index contributed by atoms with van der Waals surface area (Å²) in [6, 6.07) is 13.7. The van der Waals surface area contributed by atoms with Gasteiger partial charge in [0.15, 0.2) is 0 Å². The van der Waals surface area contributed by atoms with Crippen molar-refractivity contribution in [2.45, 2.75) is 58.2 Å². The fourth-order valence-corrected chi connectivity index (χ4v) is 4.80. The summed E-state index contributed by atoms with van der Waals surface area (Å²) in [7, 11) is 0. The van der Waals surface area contributed by atoms with Crippen molar-refractivity contribution in [2.75, 3.05) is 10.2 Å². The highest BCUT2D eigenvalue weighted by Gasteiger charge is 2.52. The number of fused-ring (bicyclic) bond motifs is 1. The van der Waals surface area contributed by atoms with Crippen LogP contribution in [0.2, 0.25) is 0 Å². The standard InChI is InChI=1S/C25H31N3O3/c1-4-18-12-14-19(15-13-18)28-24(30)27-22-10-6-5-9-20(22)25(28,31)23(29)26-21-11-7-8-16(2)17(21)3/h5-6,9-10,12-17,21,31H,4,7-8,11H2,1-3H3,(H,26,29)(H,27,30)/t16-,17-,21+,25-/m0/s1. The van der Waals surface area contributed by atoms with Gasteiger partial charge in [0.05, 0.1) is 5.69 Å². The first-order chi connectivity index (χ1) is 14.9. The van der Waals surface area contributed by atoms with E-state index in [0.29, 0.717) is 28.8 Å². The molecule has 1 heterocycles. The predicted molar refractivity (Wildman–Crippen MR) is 122 cm³/mol. The van der Waals surface area contributed by atoms with Crippen molar-refractivity contribution < 1.29 is 14.7 Å². The smallest absolute Gasteiger partial charge is 0.329 e. The highest BCUT2D eigenvalue weighted by atomic mass is 16.3. The highest BCUT2D eigenvalue weighted by Crippen LogP contribution is 2.40. The lowest BCUT2D eigenvalue weighted by Gasteiger charge is -2.44. The third-order valence-corrected chi connectivity index (χ3v) is 7.01. The van der Waals surface area contributed by atoms with Crippen LogP contribution in [0.1, 0.15) is 51.2 Å². The van der Waals surface area contributed by atoms with Crippen LogP contribution in [0.4, 0.5) is 16.2 Å². The molecule has 31 heavy (non-hydrogen) atoms. The van der Waals surface area contributed by atoms with Gasteiger partial charge in [-0.3, -0.25) is 9.69 Å². The molecular weight excluding hydrogens is 390 g/mol. The average molecular weight is 422 g/mol. The summed E-state index contributed by atoms with van der Waals surface area (Å²) in [5, 5.41) is 17.8. The van der Waals surface area contributed by atoms with Crippen LogP contribution in [-0.2, 0) is 16.9 Å². The van der Waals surface area contributed by atoms with E-state index >= 15 is 0 Å². The Morgan fingerprint density at radius 3 is 2.58 bits per heavy atom. The summed E-state index contributed by atoms with van der Waals surface area (Å²) in [5.41, 5.74) is 0.235. The van der Waals surface area contributed by atoms with Crippen LogP contribution in [-0.4, -0.2) is 23.1 Å². The number of hydrogen-bond donors (Lipinski definition) is 3. The molecule has 164 valence electrons. The van der Waals surface area contributed by atoms with Gasteiger partial charge in [-0.05, 0) is 48.4 Å². The summed E-state index contributed by atoms with van der Waals surface area (Å²) in [4.78, 5) is 28.0. The first-order valence-corrected chi connectivity index (χ1v) is 11.2. The van der Waals surface area contributed by atoms with Crippen molar-refractivity contribution in [3.05, 3.63) is 59.7 Å². The van der Waals surface area contributed by atoms with Gasteiger partial charge in [-0.25, -0.2) is 4.79 Å². The number of aliphatic hydroxyl groups is 1. The normalized spacial score (nSPS) is 27.9. The average Bonchev–Trinajstić information content (AvgIpc) is 2.77. The van der Waals surface area contributed by atoms with Gasteiger partial charge >= 0.3 is 6.03 Å². The molecule has 2 aromatic rings. The summed E-state index contributed by atoms with van der Waals surface area (Å²) in [6.45, 7) is 6.39. The number of aryl methyl sites for hydroxylation is 1. The van der Waals surface area contributed by atoms with Crippen LogP contribution in [0.25, 0.3) is 0 Å². The molecule has 1 aliphatic carbocycles. The van der Waals surface area contributed by atoms with Gasteiger partial charge in [-0.2, -0.15) is 0 Å². The Hall–Kier alpha value is -2.86. The summed E-state index contributed by atoms with van der Waals surface area (Å²) in [5.74, 6) is 0.222. The molecular formula is C25H31N3O3. The minimum absolute atomic E-state index is 0.0401. The number of para-hydroxylation sites is 1. The molecule has 2 aliphatic rings. The molecule has 2 aromatic carbocycles. The number of carbonyl (C=O) groups is 2. The van der Waals surface area contributed by atoms with Gasteiger partial charge in [-0.15, -0.1) is 0 Å². The Morgan fingerprint density at radius 1 is 1.16 bits per heavy atom. The molecule has 0 saturated heterocycles. The zero-order valence-electron chi connectivity index (χ0n) is 18.4. The molecule has 1 saturated carbocycles. The van der Waals surface area contributed by atoms with Crippen molar-refractivity contribution in [1.82, 2.24) is 5.32 Å². The number of hydrogen-bond acceptors (Lipinski definition) is 3. The Morgan fingerprint density at radius 2 is 1.87 bits per heavy atom. The van der Waals surface area contributed by atoms with Gasteiger partial charge in [0, 0.05) is 17.3 Å². The largest absolute Gasteiger partial charge is 0.359 e. The lowest BCUT2D eigenvalue weighted by atomic mass is 9.78. The van der Waals surface area contributed by atoms with Crippen LogP contribution < -0.4 is 15.5 Å². The lowest BCUT2D eigenvalue weighted by Crippen LogP contribution is -2.64. The molecule has 4 atom stereocenters. The molecule has 0 unspecified atom stereocenters. The van der Waals surface area contributed by atoms with Crippen LogP contribution in [0.5, 0.6) is 0 Å². The molecule has 3 N–H and O–H groups in total. The third kappa shape index (κ3) is 3.69. The number of rotatable bonds is 4. The quantitative estimate of drug-likeness (QED) is 0.685. The summed E-state index contributed by atoms with van der Waals surface area (Å²) in [6.07, 6.45) is 3.90. The maximum atomic E-state index is 13.7. The van der Waals surface area contributed by atoms with Crippen LogP contribution >= 0.6 is 0 Å². The minimum Gasteiger partial charge on any atom is -0.359 e. The number of nitrogens with zero attached hydrogens (tertiary/aromatic N) is 1. The Kier molecular flexibility index (Phi) is 5.75. The van der Waals surface area contributed by atoms with E-state index < -0.39 is 17.7 Å². The van der Waals surface area contributed by atoms with Crippen LogP contribution in [0, 0.1) is 11.8 Å². The van der Waals surface area contributed by atoms with E-state index in [2.05, 4.69) is 31.4 Å². The molecule has 1 aliphatic heterocycles. The number of urea groups is 1. The van der Waals surface area contributed by atoms with Crippen molar-refractivity contribution in [3.63, 3.8) is 0 Å². The molecule has 0 radical (unpaired) electrons. The number of benzene rings is 2. The number of anilines is 2. The first kappa shape index (κ1) is 21.4. The van der Waals surface area contributed by atoms with Gasteiger partial charge in [0.1, 0.15) is 0 Å². The van der Waals surface area contributed by atoms with Gasteiger partial charge in [0.2, 0.25) is 0 Å². The van der Waals surface area contributed by atoms with Crippen molar-refractivity contribution in [3.8, 4) is 0 Å². The van der Waals surface area contributed by atoms with E-state index in [1.807, 2.05) is 12.1 Å². The zero-order valence-corrected chi connectivity index (χ0v) is 18.4. The van der Waals surface area contributed by atoms with E-state index in [1.165, 1.54) is 4.90 Å². The fraction of sp³-hybridized carbons (Fsp3) is 0.440. The molecule has 1 fully saturated rings. The van der Waals surface area contributed by atoms with E-state index in [0.717, 1.165) is 31.2 Å². The molecule has 0 aromatic heterocycles. The lowest BCUT2D eigenvalue weighted by molar-refractivity contribution is -0.141. The van der Waals surface area contributed by atoms with E-state index in [-0.39, 0.29) is 6.04 Å². The molecule has 6 nitrogen and oxygen atoms in total. The van der Waals surface area contributed by atoms with Gasteiger partial charge in [-0.1, -0.05) is 63.9 Å². The second-order valence-corrected chi connectivity index (χ2v) is 8.85. The molecule has 0 bridgehead atoms. The SMILES string of the molecule is CCc1ccc(N2C(=O)Nc3ccccc3[C@]2(O)C(=O)N[C@@H]2CCC[C@H](C)[C@@H]2C)cc1. The Labute approximate surface area is 183 Å². The molecule has 0 spiro atoms. The first-order valence-electron chi connectivity index (χ1n) is 11.2. The van der Waals surface area contributed by atoms with Crippen molar-refractivity contribution in [2.24, 2.45) is 11.8 Å².